The summed E-state index contributed by atoms with van der Waals surface area (Å²) in [6.45, 7) is 2.73. The third-order valence-corrected chi connectivity index (χ3v) is 5.34. The number of aromatic nitrogens is 1. The second-order valence-electron chi connectivity index (χ2n) is 7.75. The molecule has 1 amide bonds. The highest BCUT2D eigenvalue weighted by atomic mass is 16.5. The van der Waals surface area contributed by atoms with Crippen molar-refractivity contribution < 1.29 is 19.0 Å². The Balaban J connectivity index is 1.39. The predicted octanol–water partition coefficient (Wildman–Crippen LogP) is 5.63. The summed E-state index contributed by atoms with van der Waals surface area (Å²) >= 11 is 0. The van der Waals surface area contributed by atoms with Gasteiger partial charge in [0.2, 0.25) is 0 Å². The fourth-order valence-electron chi connectivity index (χ4n) is 3.70. The van der Waals surface area contributed by atoms with Crippen molar-refractivity contribution in [3.8, 4) is 17.2 Å². The van der Waals surface area contributed by atoms with Crippen LogP contribution in [0.3, 0.4) is 0 Å². The zero-order valence-corrected chi connectivity index (χ0v) is 18.3. The molecule has 3 aromatic rings. The van der Waals surface area contributed by atoms with Gasteiger partial charge in [0, 0.05) is 29.2 Å². The third kappa shape index (κ3) is 5.78. The number of nitrogens with zero attached hydrogens (tertiary/aromatic N) is 1. The largest absolute Gasteiger partial charge is 0.490 e. The van der Waals surface area contributed by atoms with E-state index >= 15 is 0 Å². The highest BCUT2D eigenvalue weighted by molar-refractivity contribution is 6.04. The Morgan fingerprint density at radius 3 is 2.56 bits per heavy atom. The van der Waals surface area contributed by atoms with Crippen LogP contribution in [-0.4, -0.2) is 23.6 Å². The number of hydrogen-bond acceptors (Lipinski definition) is 5. The van der Waals surface area contributed by atoms with Crippen molar-refractivity contribution in [2.75, 3.05) is 11.9 Å². The van der Waals surface area contributed by atoms with Crippen LogP contribution >= 0.6 is 0 Å². The molecule has 1 saturated carbocycles. The van der Waals surface area contributed by atoms with E-state index in [0.29, 0.717) is 42.1 Å². The highest BCUT2D eigenvalue weighted by Gasteiger charge is 2.16. The number of anilines is 1. The van der Waals surface area contributed by atoms with E-state index < -0.39 is 0 Å². The lowest BCUT2D eigenvalue weighted by Crippen LogP contribution is -2.13. The van der Waals surface area contributed by atoms with Crippen LogP contribution < -0.4 is 19.5 Å². The number of amides is 1. The van der Waals surface area contributed by atoms with E-state index in [-0.39, 0.29) is 5.91 Å². The summed E-state index contributed by atoms with van der Waals surface area (Å²) in [5.74, 6) is 1.74. The number of ether oxygens (including phenoxy) is 3. The maximum atomic E-state index is 12.8. The van der Waals surface area contributed by atoms with Gasteiger partial charge < -0.3 is 19.5 Å². The molecule has 2 aromatic carbocycles. The minimum atomic E-state index is -0.214. The summed E-state index contributed by atoms with van der Waals surface area (Å²) in [6.07, 6.45) is 8.48. The van der Waals surface area contributed by atoms with Crippen molar-refractivity contribution in [3.63, 3.8) is 0 Å². The predicted molar refractivity (Wildman–Crippen MR) is 123 cm³/mol. The first-order valence-corrected chi connectivity index (χ1v) is 11.1. The van der Waals surface area contributed by atoms with E-state index in [1.165, 1.54) is 12.8 Å². The number of hydrogen-bond donors (Lipinski definition) is 1. The van der Waals surface area contributed by atoms with Crippen LogP contribution in [0.15, 0.2) is 67.0 Å². The van der Waals surface area contributed by atoms with Gasteiger partial charge in [0.1, 0.15) is 12.4 Å². The van der Waals surface area contributed by atoms with Crippen LogP contribution in [0.4, 0.5) is 5.69 Å². The van der Waals surface area contributed by atoms with Gasteiger partial charge in [-0.25, -0.2) is 0 Å². The molecule has 0 spiro atoms. The molecule has 0 unspecified atom stereocenters. The van der Waals surface area contributed by atoms with Crippen LogP contribution in [0.25, 0.3) is 0 Å². The molecule has 0 saturated heterocycles. The number of benzene rings is 2. The number of rotatable bonds is 9. The molecule has 1 N–H and O–H groups in total. The number of pyridine rings is 1. The molecule has 0 aliphatic heterocycles. The standard InChI is InChI=1S/C26H28N2O4/c1-2-30-25-16-20(9-14-24(25)31-18-19-6-5-15-27-17-19)26(29)28-21-10-12-23(13-11-21)32-22-7-3-4-8-22/h5-6,9-17,22H,2-4,7-8,18H2,1H3,(H,28,29). The Morgan fingerprint density at radius 1 is 1.03 bits per heavy atom. The minimum absolute atomic E-state index is 0.214. The van der Waals surface area contributed by atoms with E-state index in [9.17, 15) is 4.79 Å². The molecule has 0 bridgehead atoms. The van der Waals surface area contributed by atoms with Crippen LogP contribution in [0.1, 0.15) is 48.5 Å². The van der Waals surface area contributed by atoms with E-state index in [0.717, 1.165) is 24.2 Å². The Kier molecular flexibility index (Phi) is 7.23. The van der Waals surface area contributed by atoms with Gasteiger partial charge in [0.15, 0.2) is 11.5 Å². The molecular weight excluding hydrogens is 404 g/mol. The quantitative estimate of drug-likeness (QED) is 0.474. The minimum Gasteiger partial charge on any atom is -0.490 e. The van der Waals surface area contributed by atoms with Gasteiger partial charge in [0.25, 0.3) is 5.91 Å². The number of carbonyl (C=O) groups is 1. The average molecular weight is 433 g/mol. The first-order valence-electron chi connectivity index (χ1n) is 11.1. The summed E-state index contributed by atoms with van der Waals surface area (Å²) < 4.78 is 17.6. The normalized spacial score (nSPS) is 13.5. The van der Waals surface area contributed by atoms with Crippen molar-refractivity contribution in [2.45, 2.75) is 45.3 Å². The fraction of sp³-hybridized carbons (Fsp3) is 0.308. The van der Waals surface area contributed by atoms with Gasteiger partial charge in [-0.15, -0.1) is 0 Å². The number of carbonyl (C=O) groups excluding carboxylic acids is 1. The van der Waals surface area contributed by atoms with Gasteiger partial charge in [-0.05, 0) is 81.1 Å². The molecule has 32 heavy (non-hydrogen) atoms. The molecule has 6 nitrogen and oxygen atoms in total. The summed E-state index contributed by atoms with van der Waals surface area (Å²) in [5.41, 5.74) is 2.16. The lowest BCUT2D eigenvalue weighted by molar-refractivity contribution is 0.102. The van der Waals surface area contributed by atoms with Crippen molar-refractivity contribution in [1.82, 2.24) is 4.98 Å². The summed E-state index contributed by atoms with van der Waals surface area (Å²) in [6, 6.07) is 16.5. The van der Waals surface area contributed by atoms with E-state index in [2.05, 4.69) is 10.3 Å². The molecule has 6 heteroatoms. The smallest absolute Gasteiger partial charge is 0.255 e. The Morgan fingerprint density at radius 2 is 1.84 bits per heavy atom. The fourth-order valence-corrected chi connectivity index (χ4v) is 3.70. The molecule has 1 heterocycles. The van der Waals surface area contributed by atoms with E-state index in [1.54, 1.807) is 30.6 Å². The molecular formula is C26H28N2O4. The highest BCUT2D eigenvalue weighted by Crippen LogP contribution is 2.30. The summed E-state index contributed by atoms with van der Waals surface area (Å²) in [7, 11) is 0. The maximum Gasteiger partial charge on any atom is 0.255 e. The van der Waals surface area contributed by atoms with Crippen molar-refractivity contribution in [1.29, 1.82) is 0 Å². The molecule has 1 fully saturated rings. The molecule has 0 radical (unpaired) electrons. The van der Waals surface area contributed by atoms with Crippen LogP contribution in [0, 0.1) is 0 Å². The van der Waals surface area contributed by atoms with Crippen LogP contribution in [-0.2, 0) is 6.61 Å². The maximum absolute atomic E-state index is 12.8. The van der Waals surface area contributed by atoms with Gasteiger partial charge in [-0.2, -0.15) is 0 Å². The zero-order chi connectivity index (χ0) is 22.2. The van der Waals surface area contributed by atoms with Crippen molar-refractivity contribution >= 4 is 11.6 Å². The lowest BCUT2D eigenvalue weighted by atomic mass is 10.1. The topological polar surface area (TPSA) is 69.7 Å². The molecule has 1 aromatic heterocycles. The van der Waals surface area contributed by atoms with Gasteiger partial charge >= 0.3 is 0 Å². The second kappa shape index (κ2) is 10.7. The number of nitrogens with one attached hydrogen (secondary N) is 1. The molecule has 4 rings (SSSR count). The van der Waals surface area contributed by atoms with E-state index in [1.807, 2.05) is 43.3 Å². The van der Waals surface area contributed by atoms with Crippen molar-refractivity contribution in [2.24, 2.45) is 0 Å². The molecule has 166 valence electrons. The molecule has 1 aliphatic carbocycles. The second-order valence-corrected chi connectivity index (χ2v) is 7.75. The van der Waals surface area contributed by atoms with Crippen LogP contribution in [0.2, 0.25) is 0 Å². The average Bonchev–Trinajstić information content (AvgIpc) is 3.33. The zero-order valence-electron chi connectivity index (χ0n) is 18.3. The summed E-state index contributed by atoms with van der Waals surface area (Å²) in [5, 5.41) is 2.93. The lowest BCUT2D eigenvalue weighted by Gasteiger charge is -2.14. The first-order chi connectivity index (χ1) is 15.7. The van der Waals surface area contributed by atoms with Gasteiger partial charge in [-0.1, -0.05) is 6.07 Å². The summed E-state index contributed by atoms with van der Waals surface area (Å²) in [4.78, 5) is 16.9. The third-order valence-electron chi connectivity index (χ3n) is 5.34. The Labute approximate surface area is 188 Å². The molecule has 0 atom stereocenters. The first kappa shape index (κ1) is 21.7. The monoisotopic (exact) mass is 432 g/mol. The molecule has 1 aliphatic rings. The van der Waals surface area contributed by atoms with Gasteiger partial charge in [-0.3, -0.25) is 9.78 Å². The Bertz CT molecular complexity index is 1020. The van der Waals surface area contributed by atoms with Gasteiger partial charge in [0.05, 0.1) is 12.7 Å². The van der Waals surface area contributed by atoms with Crippen molar-refractivity contribution in [3.05, 3.63) is 78.1 Å². The Hall–Kier alpha value is -3.54. The van der Waals surface area contributed by atoms with Crippen LogP contribution in [0.5, 0.6) is 17.2 Å². The SMILES string of the molecule is CCOc1cc(C(=O)Nc2ccc(OC3CCCC3)cc2)ccc1OCc1cccnc1. The van der Waals surface area contributed by atoms with E-state index in [4.69, 9.17) is 14.2 Å².